The number of piperazine rings is 1. The third kappa shape index (κ3) is 4.62. The Hall–Kier alpha value is -2.40. The summed E-state index contributed by atoms with van der Waals surface area (Å²) in [6.07, 6.45) is 0.105. The SMILES string of the molecule is CCNc1nc(Nc2cnn([C@H]3C[C@@H](N4CCN(C)CC4)C3)c2C)ncc1C(F)(F)F. The van der Waals surface area contributed by atoms with Crippen molar-refractivity contribution in [1.29, 1.82) is 0 Å². The van der Waals surface area contributed by atoms with Crippen LogP contribution in [0.3, 0.4) is 0 Å². The van der Waals surface area contributed by atoms with Crippen molar-refractivity contribution in [3.05, 3.63) is 23.7 Å². The van der Waals surface area contributed by atoms with E-state index in [0.29, 0.717) is 24.3 Å². The van der Waals surface area contributed by atoms with Crippen molar-refractivity contribution in [3.63, 3.8) is 0 Å². The number of alkyl halides is 3. The summed E-state index contributed by atoms with van der Waals surface area (Å²) < 4.78 is 41.5. The van der Waals surface area contributed by atoms with Crippen LogP contribution < -0.4 is 10.6 Å². The molecule has 0 amide bonds. The molecule has 1 aliphatic carbocycles. The number of hydrogen-bond acceptors (Lipinski definition) is 7. The molecule has 2 aromatic heterocycles. The van der Waals surface area contributed by atoms with Crippen LogP contribution in [0.4, 0.5) is 30.6 Å². The van der Waals surface area contributed by atoms with E-state index in [-0.39, 0.29) is 11.8 Å². The maximum absolute atomic E-state index is 13.2. The smallest absolute Gasteiger partial charge is 0.370 e. The Morgan fingerprint density at radius 1 is 1.10 bits per heavy atom. The van der Waals surface area contributed by atoms with Crippen LogP contribution in [-0.4, -0.2) is 75.4 Å². The summed E-state index contributed by atoms with van der Waals surface area (Å²) >= 11 is 0. The van der Waals surface area contributed by atoms with Gasteiger partial charge in [-0.15, -0.1) is 0 Å². The predicted octanol–water partition coefficient (Wildman–Crippen LogP) is 3.13. The van der Waals surface area contributed by atoms with Crippen LogP contribution in [0.15, 0.2) is 12.4 Å². The molecule has 1 saturated heterocycles. The lowest BCUT2D eigenvalue weighted by molar-refractivity contribution is -0.137. The van der Waals surface area contributed by atoms with Gasteiger partial charge in [-0.1, -0.05) is 0 Å². The highest BCUT2D eigenvalue weighted by atomic mass is 19.4. The summed E-state index contributed by atoms with van der Waals surface area (Å²) in [5.74, 6) is -0.123. The van der Waals surface area contributed by atoms with Crippen molar-refractivity contribution in [1.82, 2.24) is 29.5 Å². The monoisotopic (exact) mass is 438 g/mol. The molecule has 0 spiro atoms. The van der Waals surface area contributed by atoms with Gasteiger partial charge < -0.3 is 15.5 Å². The number of rotatable bonds is 6. The second kappa shape index (κ2) is 8.62. The van der Waals surface area contributed by atoms with Gasteiger partial charge in [-0.25, -0.2) is 4.98 Å². The van der Waals surface area contributed by atoms with Gasteiger partial charge in [-0.05, 0) is 33.7 Å². The summed E-state index contributed by atoms with van der Waals surface area (Å²) in [5.41, 5.74) is 0.748. The van der Waals surface area contributed by atoms with Gasteiger partial charge in [0.15, 0.2) is 0 Å². The Morgan fingerprint density at radius 3 is 2.45 bits per heavy atom. The minimum absolute atomic E-state index is 0.107. The third-order valence-electron chi connectivity index (χ3n) is 6.22. The van der Waals surface area contributed by atoms with Crippen LogP contribution in [0.25, 0.3) is 0 Å². The van der Waals surface area contributed by atoms with Crippen LogP contribution in [0.5, 0.6) is 0 Å². The molecule has 4 rings (SSSR count). The van der Waals surface area contributed by atoms with Gasteiger partial charge in [0, 0.05) is 45.0 Å². The number of nitrogens with zero attached hydrogens (tertiary/aromatic N) is 6. The molecular formula is C20H29F3N8. The van der Waals surface area contributed by atoms with Crippen molar-refractivity contribution in [2.45, 2.75) is 44.9 Å². The molecule has 0 atom stereocenters. The highest BCUT2D eigenvalue weighted by molar-refractivity contribution is 5.58. The quantitative estimate of drug-likeness (QED) is 0.718. The molecule has 170 valence electrons. The fourth-order valence-electron chi connectivity index (χ4n) is 4.23. The molecule has 31 heavy (non-hydrogen) atoms. The van der Waals surface area contributed by atoms with E-state index in [4.69, 9.17) is 0 Å². The van der Waals surface area contributed by atoms with Gasteiger partial charge in [0.25, 0.3) is 0 Å². The number of aromatic nitrogens is 4. The van der Waals surface area contributed by atoms with Gasteiger partial charge in [0.2, 0.25) is 5.95 Å². The highest BCUT2D eigenvalue weighted by Gasteiger charge is 2.37. The molecule has 0 unspecified atom stereocenters. The molecular weight excluding hydrogens is 409 g/mol. The molecule has 0 aromatic carbocycles. The average molecular weight is 439 g/mol. The van der Waals surface area contributed by atoms with E-state index in [1.54, 1.807) is 13.1 Å². The second-order valence-corrected chi connectivity index (χ2v) is 8.32. The van der Waals surface area contributed by atoms with Gasteiger partial charge in [0.05, 0.1) is 23.6 Å². The molecule has 2 aliphatic rings. The van der Waals surface area contributed by atoms with Crippen molar-refractivity contribution in [3.8, 4) is 0 Å². The van der Waals surface area contributed by atoms with E-state index in [0.717, 1.165) is 50.9 Å². The summed E-state index contributed by atoms with van der Waals surface area (Å²) in [6, 6.07) is 0.936. The van der Waals surface area contributed by atoms with E-state index < -0.39 is 11.7 Å². The molecule has 0 bridgehead atoms. The first-order valence-electron chi connectivity index (χ1n) is 10.7. The number of anilines is 3. The summed E-state index contributed by atoms with van der Waals surface area (Å²) in [5, 5.41) is 10.2. The topological polar surface area (TPSA) is 74.1 Å². The normalized spacial score (nSPS) is 22.9. The van der Waals surface area contributed by atoms with Crippen LogP contribution in [0.1, 0.15) is 37.1 Å². The zero-order valence-electron chi connectivity index (χ0n) is 18.1. The van der Waals surface area contributed by atoms with E-state index in [1.165, 1.54) is 0 Å². The van der Waals surface area contributed by atoms with Gasteiger partial charge in [0.1, 0.15) is 11.4 Å². The lowest BCUT2D eigenvalue weighted by Gasteiger charge is -2.46. The lowest BCUT2D eigenvalue weighted by atomic mass is 9.85. The van der Waals surface area contributed by atoms with Crippen LogP contribution in [0, 0.1) is 6.92 Å². The Balaban J connectivity index is 1.42. The second-order valence-electron chi connectivity index (χ2n) is 8.32. The molecule has 8 nitrogen and oxygen atoms in total. The number of nitrogens with one attached hydrogen (secondary N) is 2. The highest BCUT2D eigenvalue weighted by Crippen LogP contribution is 2.38. The van der Waals surface area contributed by atoms with E-state index in [2.05, 4.69) is 42.5 Å². The molecule has 3 heterocycles. The first kappa shape index (κ1) is 21.8. The van der Waals surface area contributed by atoms with Crippen molar-refractivity contribution >= 4 is 17.5 Å². The van der Waals surface area contributed by atoms with Crippen LogP contribution in [0.2, 0.25) is 0 Å². The van der Waals surface area contributed by atoms with Gasteiger partial charge >= 0.3 is 6.18 Å². The van der Waals surface area contributed by atoms with Crippen molar-refractivity contribution < 1.29 is 13.2 Å². The zero-order valence-corrected chi connectivity index (χ0v) is 18.1. The third-order valence-corrected chi connectivity index (χ3v) is 6.22. The predicted molar refractivity (Wildman–Crippen MR) is 113 cm³/mol. The minimum atomic E-state index is -4.51. The van der Waals surface area contributed by atoms with Crippen molar-refractivity contribution in [2.75, 3.05) is 50.4 Å². The van der Waals surface area contributed by atoms with Gasteiger partial charge in [-0.2, -0.15) is 23.3 Å². The summed E-state index contributed by atoms with van der Waals surface area (Å²) in [4.78, 5) is 12.8. The van der Waals surface area contributed by atoms with Crippen LogP contribution in [-0.2, 0) is 6.18 Å². The first-order chi connectivity index (χ1) is 14.8. The van der Waals surface area contributed by atoms with Crippen LogP contribution >= 0.6 is 0 Å². The lowest BCUT2D eigenvalue weighted by Crippen LogP contribution is -2.53. The van der Waals surface area contributed by atoms with E-state index in [1.807, 2.05) is 11.6 Å². The molecule has 11 heteroatoms. The molecule has 2 N–H and O–H groups in total. The summed E-state index contributed by atoms with van der Waals surface area (Å²) in [7, 11) is 2.16. The Labute approximate surface area is 179 Å². The van der Waals surface area contributed by atoms with E-state index >= 15 is 0 Å². The largest absolute Gasteiger partial charge is 0.421 e. The number of likely N-dealkylation sites (N-methyl/N-ethyl adjacent to an activating group) is 1. The minimum Gasteiger partial charge on any atom is -0.370 e. The molecule has 1 saturated carbocycles. The Kier molecular flexibility index (Phi) is 6.07. The van der Waals surface area contributed by atoms with E-state index in [9.17, 15) is 13.2 Å². The molecule has 1 aliphatic heterocycles. The number of hydrogen-bond donors (Lipinski definition) is 2. The number of halogens is 3. The standard InChI is InChI=1S/C20H29F3N8/c1-4-24-18-16(20(21,22)23)11-25-19(28-18)27-17-12-26-31(13(17)2)15-9-14(10-15)30-7-5-29(3)6-8-30/h11-12,14-15H,4-10H2,1-3H3,(H2,24,25,27,28)/t14-,15+. The fourth-order valence-corrected chi connectivity index (χ4v) is 4.23. The fraction of sp³-hybridized carbons (Fsp3) is 0.650. The summed E-state index contributed by atoms with van der Waals surface area (Å²) in [6.45, 7) is 8.43. The van der Waals surface area contributed by atoms with Crippen molar-refractivity contribution in [2.24, 2.45) is 0 Å². The van der Waals surface area contributed by atoms with Gasteiger partial charge in [-0.3, -0.25) is 9.58 Å². The molecule has 2 aromatic rings. The Bertz CT molecular complexity index is 898. The molecule has 0 radical (unpaired) electrons. The maximum Gasteiger partial charge on any atom is 0.421 e. The molecule has 2 fully saturated rings. The first-order valence-corrected chi connectivity index (χ1v) is 10.7. The Morgan fingerprint density at radius 2 is 1.81 bits per heavy atom. The maximum atomic E-state index is 13.2. The zero-order chi connectivity index (χ0) is 22.2. The average Bonchev–Trinajstić information content (AvgIpc) is 3.02.